The predicted octanol–water partition coefficient (Wildman–Crippen LogP) is 2.13. The van der Waals surface area contributed by atoms with Crippen LogP contribution in [-0.2, 0) is 11.3 Å². The van der Waals surface area contributed by atoms with E-state index in [-0.39, 0.29) is 5.92 Å². The second-order valence-corrected chi connectivity index (χ2v) is 7.14. The first kappa shape index (κ1) is 16.3. The lowest BCUT2D eigenvalue weighted by molar-refractivity contribution is -0.134. The fourth-order valence-corrected chi connectivity index (χ4v) is 3.74. The van der Waals surface area contributed by atoms with Crippen LogP contribution in [0.15, 0.2) is 29.0 Å². The summed E-state index contributed by atoms with van der Waals surface area (Å²) in [7, 11) is 0. The zero-order valence-electron chi connectivity index (χ0n) is 14.8. The van der Waals surface area contributed by atoms with E-state index in [2.05, 4.69) is 21.1 Å². The molecule has 0 spiro atoms. The van der Waals surface area contributed by atoms with Crippen LogP contribution < -0.4 is 0 Å². The van der Waals surface area contributed by atoms with E-state index < -0.39 is 0 Å². The Bertz CT molecular complexity index is 731. The number of carbonyl (C=O) groups excluding carboxylic acids is 1. The van der Waals surface area contributed by atoms with E-state index >= 15 is 0 Å². The number of aryl methyl sites for hydroxylation is 2. The summed E-state index contributed by atoms with van der Waals surface area (Å²) in [6.07, 6.45) is 4.63. The molecule has 3 heterocycles. The quantitative estimate of drug-likeness (QED) is 0.853. The normalized spacial score (nSPS) is 23.7. The third-order valence-corrected chi connectivity index (χ3v) is 5.47. The summed E-state index contributed by atoms with van der Waals surface area (Å²) >= 11 is 0. The minimum absolute atomic E-state index is 0.151. The lowest BCUT2D eigenvalue weighted by Gasteiger charge is -2.35. The molecule has 0 bridgehead atoms. The van der Waals surface area contributed by atoms with Gasteiger partial charge in [-0.25, -0.2) is 0 Å². The van der Waals surface area contributed by atoms with Gasteiger partial charge in [0.2, 0.25) is 5.91 Å². The Balaban J connectivity index is 1.30. The number of hydrogen-bond donors (Lipinski definition) is 0. The van der Waals surface area contributed by atoms with Gasteiger partial charge < -0.3 is 9.42 Å². The first-order chi connectivity index (χ1) is 12.1. The first-order valence-electron chi connectivity index (χ1n) is 8.96. The number of piperazine rings is 1. The number of rotatable bonds is 4. The van der Waals surface area contributed by atoms with Gasteiger partial charge in [-0.3, -0.25) is 14.7 Å². The average Bonchev–Trinajstić information content (AvgIpc) is 3.39. The van der Waals surface area contributed by atoms with Crippen molar-refractivity contribution in [3.05, 3.63) is 47.1 Å². The number of nitrogens with zero attached hydrogens (tertiary/aromatic N) is 4. The van der Waals surface area contributed by atoms with Crippen molar-refractivity contribution in [3.8, 4) is 0 Å². The molecule has 2 aromatic rings. The Morgan fingerprint density at radius 2 is 2.08 bits per heavy atom. The molecule has 0 unspecified atom stereocenters. The monoisotopic (exact) mass is 340 g/mol. The average molecular weight is 340 g/mol. The van der Waals surface area contributed by atoms with Crippen LogP contribution in [0.3, 0.4) is 0 Å². The van der Waals surface area contributed by atoms with Crippen LogP contribution in [0.5, 0.6) is 0 Å². The van der Waals surface area contributed by atoms with E-state index in [1.807, 2.05) is 31.0 Å². The van der Waals surface area contributed by atoms with Gasteiger partial charge >= 0.3 is 0 Å². The van der Waals surface area contributed by atoms with Crippen molar-refractivity contribution < 1.29 is 9.32 Å². The molecule has 2 aromatic heterocycles. The molecular weight excluding hydrogens is 316 g/mol. The van der Waals surface area contributed by atoms with Gasteiger partial charge in [0.15, 0.2) is 0 Å². The largest absolute Gasteiger partial charge is 0.361 e. The number of pyridine rings is 1. The van der Waals surface area contributed by atoms with Gasteiger partial charge in [-0.05, 0) is 37.8 Å². The van der Waals surface area contributed by atoms with E-state index in [1.54, 1.807) is 6.20 Å². The molecule has 6 heteroatoms. The topological polar surface area (TPSA) is 62.5 Å². The fourth-order valence-electron chi connectivity index (χ4n) is 3.74. The van der Waals surface area contributed by atoms with Crippen molar-refractivity contribution in [1.82, 2.24) is 19.9 Å². The summed E-state index contributed by atoms with van der Waals surface area (Å²) < 4.78 is 5.24. The predicted molar refractivity (Wildman–Crippen MR) is 92.9 cm³/mol. The zero-order chi connectivity index (χ0) is 17.4. The minimum atomic E-state index is 0.151. The molecule has 0 aromatic carbocycles. The molecule has 25 heavy (non-hydrogen) atoms. The second kappa shape index (κ2) is 6.59. The summed E-state index contributed by atoms with van der Waals surface area (Å²) in [5.41, 5.74) is 3.34. The van der Waals surface area contributed by atoms with E-state index in [9.17, 15) is 4.79 Å². The van der Waals surface area contributed by atoms with Gasteiger partial charge in [-0.15, -0.1) is 0 Å². The lowest BCUT2D eigenvalue weighted by atomic mass is 10.1. The lowest BCUT2D eigenvalue weighted by Crippen LogP contribution is -2.49. The van der Waals surface area contributed by atoms with Crippen LogP contribution in [0.4, 0.5) is 0 Å². The maximum absolute atomic E-state index is 12.7. The Hall–Kier alpha value is -2.21. The summed E-state index contributed by atoms with van der Waals surface area (Å²) in [5, 5.41) is 4.02. The number of carbonyl (C=O) groups is 1. The van der Waals surface area contributed by atoms with Crippen LogP contribution in [0.25, 0.3) is 0 Å². The van der Waals surface area contributed by atoms with Crippen molar-refractivity contribution in [2.45, 2.75) is 32.7 Å². The van der Waals surface area contributed by atoms with E-state index in [0.29, 0.717) is 11.8 Å². The van der Waals surface area contributed by atoms with Crippen molar-refractivity contribution in [2.24, 2.45) is 5.92 Å². The standard InChI is InChI=1S/C19H24N4O2/c1-13-18(14(2)25-21-13)12-22-6-8-23(9-7-22)19(24)17-10-16(17)15-4-3-5-20-11-15/h3-5,11,16-17H,6-10,12H2,1-2H3/t16-,17+/m0/s1. The van der Waals surface area contributed by atoms with Crippen LogP contribution >= 0.6 is 0 Å². The summed E-state index contributed by atoms with van der Waals surface area (Å²) in [5.74, 6) is 1.72. The summed E-state index contributed by atoms with van der Waals surface area (Å²) in [6.45, 7) is 8.21. The second-order valence-electron chi connectivity index (χ2n) is 7.14. The molecule has 1 saturated heterocycles. The highest BCUT2D eigenvalue weighted by Crippen LogP contribution is 2.48. The molecule has 2 fully saturated rings. The van der Waals surface area contributed by atoms with E-state index in [1.165, 1.54) is 11.1 Å². The van der Waals surface area contributed by atoms with Crippen LogP contribution in [-0.4, -0.2) is 52.0 Å². The summed E-state index contributed by atoms with van der Waals surface area (Å²) in [4.78, 5) is 21.3. The Morgan fingerprint density at radius 1 is 1.28 bits per heavy atom. The van der Waals surface area contributed by atoms with Gasteiger partial charge in [0, 0.05) is 56.6 Å². The maximum atomic E-state index is 12.7. The highest BCUT2D eigenvalue weighted by molar-refractivity contribution is 5.83. The minimum Gasteiger partial charge on any atom is -0.361 e. The van der Waals surface area contributed by atoms with Crippen LogP contribution in [0.1, 0.15) is 34.9 Å². The van der Waals surface area contributed by atoms with Crippen molar-refractivity contribution >= 4 is 5.91 Å². The fraction of sp³-hybridized carbons (Fsp3) is 0.526. The SMILES string of the molecule is Cc1noc(C)c1CN1CCN(C(=O)[C@@H]2C[C@H]2c2cccnc2)CC1. The molecule has 132 valence electrons. The number of aromatic nitrogens is 2. The van der Waals surface area contributed by atoms with Gasteiger partial charge in [-0.2, -0.15) is 0 Å². The van der Waals surface area contributed by atoms with Gasteiger partial charge in [0.05, 0.1) is 5.69 Å². The molecule has 0 N–H and O–H groups in total. The molecule has 1 aliphatic heterocycles. The van der Waals surface area contributed by atoms with Crippen molar-refractivity contribution in [2.75, 3.05) is 26.2 Å². The molecule has 6 nitrogen and oxygen atoms in total. The molecule has 4 rings (SSSR count). The molecule has 1 saturated carbocycles. The smallest absolute Gasteiger partial charge is 0.226 e. The first-order valence-corrected chi connectivity index (χ1v) is 8.96. The van der Waals surface area contributed by atoms with E-state index in [0.717, 1.165) is 50.6 Å². The van der Waals surface area contributed by atoms with E-state index in [4.69, 9.17) is 4.52 Å². The molecule has 1 aliphatic carbocycles. The Morgan fingerprint density at radius 3 is 2.72 bits per heavy atom. The Kier molecular flexibility index (Phi) is 4.29. The maximum Gasteiger partial charge on any atom is 0.226 e. The van der Waals surface area contributed by atoms with Crippen LogP contribution in [0.2, 0.25) is 0 Å². The van der Waals surface area contributed by atoms with Crippen molar-refractivity contribution in [1.29, 1.82) is 0 Å². The molecule has 2 atom stereocenters. The number of amides is 1. The molecular formula is C19H24N4O2. The molecule has 1 amide bonds. The molecule has 0 radical (unpaired) electrons. The highest BCUT2D eigenvalue weighted by atomic mass is 16.5. The zero-order valence-corrected chi connectivity index (χ0v) is 14.8. The third kappa shape index (κ3) is 3.31. The van der Waals surface area contributed by atoms with Gasteiger partial charge in [0.25, 0.3) is 0 Å². The third-order valence-electron chi connectivity index (χ3n) is 5.47. The van der Waals surface area contributed by atoms with Gasteiger partial charge in [0.1, 0.15) is 5.76 Å². The summed E-state index contributed by atoms with van der Waals surface area (Å²) in [6, 6.07) is 4.02. The number of hydrogen-bond acceptors (Lipinski definition) is 5. The highest BCUT2D eigenvalue weighted by Gasteiger charge is 2.46. The van der Waals surface area contributed by atoms with Crippen LogP contribution in [0, 0.1) is 19.8 Å². The van der Waals surface area contributed by atoms with Crippen molar-refractivity contribution in [3.63, 3.8) is 0 Å². The molecule has 2 aliphatic rings. The Labute approximate surface area is 147 Å². The van der Waals surface area contributed by atoms with Gasteiger partial charge in [-0.1, -0.05) is 11.2 Å².